The summed E-state index contributed by atoms with van der Waals surface area (Å²) in [5.41, 5.74) is 8.29. The topological polar surface area (TPSA) is 75.4 Å². The van der Waals surface area contributed by atoms with Crippen LogP contribution in [-0.2, 0) is 16.1 Å². The maximum absolute atomic E-state index is 13.2. The Balaban J connectivity index is 1.68. The Bertz CT molecular complexity index is 717. The molecule has 0 radical (unpaired) electrons. The Morgan fingerprint density at radius 1 is 1.00 bits per heavy atom. The highest BCUT2D eigenvalue weighted by atomic mass is 16.2. The number of carbonyl (C=O) groups is 2. The lowest BCUT2D eigenvalue weighted by atomic mass is 9.87. The molecule has 5 heteroatoms. The van der Waals surface area contributed by atoms with Crippen molar-refractivity contribution in [2.24, 2.45) is 17.1 Å². The van der Waals surface area contributed by atoms with Crippen molar-refractivity contribution in [3.8, 4) is 0 Å². The predicted octanol–water partition coefficient (Wildman–Crippen LogP) is 4.85. The molecule has 0 saturated heterocycles. The number of nitrogens with two attached hydrogens (primary N) is 1. The molecule has 0 heterocycles. The van der Waals surface area contributed by atoms with Gasteiger partial charge in [0.2, 0.25) is 11.8 Å². The van der Waals surface area contributed by atoms with E-state index >= 15 is 0 Å². The van der Waals surface area contributed by atoms with Gasteiger partial charge in [-0.25, -0.2) is 0 Å². The van der Waals surface area contributed by atoms with Crippen LogP contribution < -0.4 is 11.1 Å². The van der Waals surface area contributed by atoms with E-state index in [0.29, 0.717) is 13.0 Å². The molecule has 0 spiro atoms. The van der Waals surface area contributed by atoms with Crippen LogP contribution in [0.2, 0.25) is 0 Å². The van der Waals surface area contributed by atoms with Crippen LogP contribution in [0.5, 0.6) is 0 Å². The van der Waals surface area contributed by atoms with Crippen molar-refractivity contribution in [2.75, 3.05) is 5.32 Å². The SMILES string of the molecule is CC(C)(C)CC(=O)N(Cc1ccc(NC(=O)C2CCCC2)cc1)C1CCCCC1N. The van der Waals surface area contributed by atoms with Crippen LogP contribution in [0, 0.1) is 11.3 Å². The van der Waals surface area contributed by atoms with Gasteiger partial charge in [0.25, 0.3) is 0 Å². The van der Waals surface area contributed by atoms with Gasteiger partial charge < -0.3 is 16.0 Å². The Morgan fingerprint density at radius 3 is 2.20 bits per heavy atom. The number of hydrogen-bond acceptors (Lipinski definition) is 3. The largest absolute Gasteiger partial charge is 0.334 e. The fraction of sp³-hybridized carbons (Fsp3) is 0.680. The van der Waals surface area contributed by atoms with Crippen molar-refractivity contribution in [1.82, 2.24) is 4.90 Å². The van der Waals surface area contributed by atoms with E-state index in [-0.39, 0.29) is 35.2 Å². The molecule has 2 unspecified atom stereocenters. The third-order valence-corrected chi connectivity index (χ3v) is 6.48. The maximum atomic E-state index is 13.2. The lowest BCUT2D eigenvalue weighted by molar-refractivity contribution is -0.137. The van der Waals surface area contributed by atoms with Crippen LogP contribution in [0.15, 0.2) is 24.3 Å². The zero-order valence-corrected chi connectivity index (χ0v) is 19.0. The van der Waals surface area contributed by atoms with E-state index in [0.717, 1.165) is 62.6 Å². The third kappa shape index (κ3) is 6.31. The summed E-state index contributed by atoms with van der Waals surface area (Å²) in [5, 5.41) is 3.05. The van der Waals surface area contributed by atoms with Crippen LogP contribution in [0.25, 0.3) is 0 Å². The number of benzene rings is 1. The first-order valence-corrected chi connectivity index (χ1v) is 11.7. The number of carbonyl (C=O) groups excluding carboxylic acids is 2. The lowest BCUT2D eigenvalue weighted by Crippen LogP contribution is -2.52. The minimum Gasteiger partial charge on any atom is -0.334 e. The molecule has 3 rings (SSSR count). The smallest absolute Gasteiger partial charge is 0.227 e. The van der Waals surface area contributed by atoms with Crippen molar-refractivity contribution in [3.05, 3.63) is 29.8 Å². The van der Waals surface area contributed by atoms with E-state index < -0.39 is 0 Å². The van der Waals surface area contributed by atoms with Gasteiger partial charge in [0.05, 0.1) is 0 Å². The highest BCUT2D eigenvalue weighted by molar-refractivity contribution is 5.92. The minimum absolute atomic E-state index is 0.0487. The third-order valence-electron chi connectivity index (χ3n) is 6.48. The van der Waals surface area contributed by atoms with Crippen LogP contribution in [-0.4, -0.2) is 28.8 Å². The highest BCUT2D eigenvalue weighted by Gasteiger charge is 2.32. The van der Waals surface area contributed by atoms with Gasteiger partial charge in [-0.05, 0) is 48.8 Å². The van der Waals surface area contributed by atoms with Crippen LogP contribution >= 0.6 is 0 Å². The Labute approximate surface area is 181 Å². The average molecular weight is 414 g/mol. The second kappa shape index (κ2) is 9.95. The number of hydrogen-bond donors (Lipinski definition) is 2. The average Bonchev–Trinajstić information content (AvgIpc) is 3.22. The zero-order valence-electron chi connectivity index (χ0n) is 19.0. The zero-order chi connectivity index (χ0) is 21.7. The molecule has 2 saturated carbocycles. The summed E-state index contributed by atoms with van der Waals surface area (Å²) in [6.07, 6.45) is 9.05. The van der Waals surface area contributed by atoms with Crippen LogP contribution in [0.1, 0.15) is 84.1 Å². The van der Waals surface area contributed by atoms with Crippen molar-refractivity contribution in [3.63, 3.8) is 0 Å². The van der Waals surface area contributed by atoms with E-state index in [1.54, 1.807) is 0 Å². The first-order valence-electron chi connectivity index (χ1n) is 11.7. The van der Waals surface area contributed by atoms with E-state index in [2.05, 4.69) is 26.1 Å². The normalized spacial score (nSPS) is 22.7. The van der Waals surface area contributed by atoms with Crippen LogP contribution in [0.4, 0.5) is 5.69 Å². The molecule has 0 aromatic heterocycles. The number of amides is 2. The summed E-state index contributed by atoms with van der Waals surface area (Å²) >= 11 is 0. The molecule has 2 aliphatic rings. The van der Waals surface area contributed by atoms with Gasteiger partial charge in [0, 0.05) is 36.7 Å². The molecule has 2 fully saturated rings. The summed E-state index contributed by atoms with van der Waals surface area (Å²) in [5.74, 6) is 0.474. The molecule has 0 aliphatic heterocycles. The van der Waals surface area contributed by atoms with Crippen molar-refractivity contribution in [2.45, 2.75) is 97.2 Å². The second-order valence-corrected chi connectivity index (χ2v) is 10.4. The van der Waals surface area contributed by atoms with Gasteiger partial charge in [-0.15, -0.1) is 0 Å². The van der Waals surface area contributed by atoms with Crippen molar-refractivity contribution < 1.29 is 9.59 Å². The fourth-order valence-electron chi connectivity index (χ4n) is 4.80. The Kier molecular flexibility index (Phi) is 7.56. The highest BCUT2D eigenvalue weighted by Crippen LogP contribution is 2.28. The number of nitrogens with one attached hydrogen (secondary N) is 1. The van der Waals surface area contributed by atoms with Crippen LogP contribution in [0.3, 0.4) is 0 Å². The Morgan fingerprint density at radius 2 is 1.60 bits per heavy atom. The predicted molar refractivity (Wildman–Crippen MR) is 122 cm³/mol. The monoisotopic (exact) mass is 413 g/mol. The molecular formula is C25H39N3O2. The molecule has 5 nitrogen and oxygen atoms in total. The second-order valence-electron chi connectivity index (χ2n) is 10.4. The maximum Gasteiger partial charge on any atom is 0.227 e. The van der Waals surface area contributed by atoms with Crippen molar-refractivity contribution in [1.29, 1.82) is 0 Å². The van der Waals surface area contributed by atoms with E-state index in [9.17, 15) is 9.59 Å². The quantitative estimate of drug-likeness (QED) is 0.700. The van der Waals surface area contributed by atoms with E-state index in [1.165, 1.54) is 0 Å². The first kappa shape index (κ1) is 22.8. The molecule has 2 atom stereocenters. The number of rotatable bonds is 6. The molecule has 2 amide bonds. The number of anilines is 1. The van der Waals surface area contributed by atoms with Crippen molar-refractivity contribution >= 4 is 17.5 Å². The minimum atomic E-state index is -0.0531. The van der Waals surface area contributed by atoms with Gasteiger partial charge in [-0.3, -0.25) is 9.59 Å². The Hall–Kier alpha value is -1.88. The molecule has 1 aromatic rings. The molecule has 0 bridgehead atoms. The van der Waals surface area contributed by atoms with Gasteiger partial charge in [-0.2, -0.15) is 0 Å². The molecular weight excluding hydrogens is 374 g/mol. The summed E-state index contributed by atoms with van der Waals surface area (Å²) in [6.45, 7) is 6.88. The fourth-order valence-corrected chi connectivity index (χ4v) is 4.80. The summed E-state index contributed by atoms with van der Waals surface area (Å²) in [7, 11) is 0. The molecule has 30 heavy (non-hydrogen) atoms. The van der Waals surface area contributed by atoms with Gasteiger partial charge in [-0.1, -0.05) is 58.6 Å². The lowest BCUT2D eigenvalue weighted by Gasteiger charge is -2.39. The van der Waals surface area contributed by atoms with E-state index in [1.807, 2.05) is 29.2 Å². The summed E-state index contributed by atoms with van der Waals surface area (Å²) in [4.78, 5) is 27.6. The number of nitrogens with zero attached hydrogens (tertiary/aromatic N) is 1. The summed E-state index contributed by atoms with van der Waals surface area (Å²) < 4.78 is 0. The van der Waals surface area contributed by atoms with Gasteiger partial charge in [0.15, 0.2) is 0 Å². The van der Waals surface area contributed by atoms with Gasteiger partial charge >= 0.3 is 0 Å². The first-order chi connectivity index (χ1) is 14.2. The summed E-state index contributed by atoms with van der Waals surface area (Å²) in [6, 6.07) is 8.11. The van der Waals surface area contributed by atoms with E-state index in [4.69, 9.17) is 5.73 Å². The molecule has 3 N–H and O–H groups in total. The molecule has 2 aliphatic carbocycles. The molecule has 166 valence electrons. The van der Waals surface area contributed by atoms with Gasteiger partial charge in [0.1, 0.15) is 0 Å². The standard InChI is InChI=1S/C25H39N3O2/c1-25(2,3)16-23(29)28(22-11-7-6-10-21(22)26)17-18-12-14-20(15-13-18)27-24(30)19-8-4-5-9-19/h12-15,19,21-22H,4-11,16-17,26H2,1-3H3,(H,27,30). The molecule has 1 aromatic carbocycles.